The van der Waals surface area contributed by atoms with Crippen LogP contribution in [-0.4, -0.2) is 36.5 Å². The molecule has 1 atom stereocenters. The molecule has 3 rings (SSSR count). The van der Waals surface area contributed by atoms with E-state index in [1.54, 1.807) is 6.92 Å². The summed E-state index contributed by atoms with van der Waals surface area (Å²) in [5.41, 5.74) is 4.76. The largest absolute Gasteiger partial charge is 0.492 e. The van der Waals surface area contributed by atoms with Crippen LogP contribution >= 0.6 is 0 Å². The summed E-state index contributed by atoms with van der Waals surface area (Å²) in [4.78, 5) is 12.1. The summed E-state index contributed by atoms with van der Waals surface area (Å²) in [6.45, 7) is 10.3. The third-order valence-corrected chi connectivity index (χ3v) is 5.49. The lowest BCUT2D eigenvalue weighted by molar-refractivity contribution is -0.156. The Labute approximate surface area is 197 Å². The highest BCUT2D eigenvalue weighted by Crippen LogP contribution is 2.26. The molecule has 0 aliphatic heterocycles. The molecule has 0 aliphatic rings. The topological polar surface area (TPSA) is 49.7 Å². The highest BCUT2D eigenvalue weighted by atomic mass is 16.6. The first-order valence-electron chi connectivity index (χ1n) is 11.8. The van der Waals surface area contributed by atoms with E-state index in [1.807, 2.05) is 37.3 Å². The van der Waals surface area contributed by atoms with Gasteiger partial charge in [-0.3, -0.25) is 0 Å². The summed E-state index contributed by atoms with van der Waals surface area (Å²) >= 11 is 0. The minimum absolute atomic E-state index is 0.317. The molecule has 176 valence electrons. The van der Waals surface area contributed by atoms with E-state index < -0.39 is 6.10 Å². The lowest BCUT2D eigenvalue weighted by Crippen LogP contribution is -2.28. The first-order chi connectivity index (χ1) is 16.0. The molecule has 2 aromatic carbocycles. The van der Waals surface area contributed by atoms with Gasteiger partial charge in [-0.2, -0.15) is 0 Å². The molecule has 33 heavy (non-hydrogen) atoms. The Balaban J connectivity index is 1.58. The van der Waals surface area contributed by atoms with E-state index in [9.17, 15) is 4.79 Å². The Bertz CT molecular complexity index is 992. The van der Waals surface area contributed by atoms with Crippen LogP contribution in [0.1, 0.15) is 44.9 Å². The Kier molecular flexibility index (Phi) is 9.14. The fourth-order valence-electron chi connectivity index (χ4n) is 3.85. The van der Waals surface area contributed by atoms with Crippen molar-refractivity contribution >= 4 is 5.97 Å². The van der Waals surface area contributed by atoms with E-state index in [2.05, 4.69) is 54.9 Å². The SMILES string of the molecule is CCOC(=O)C(Cc1ccc(OCCn2cc(-c3ccccc3)cc2C(C)C)cc1)OCC. The summed E-state index contributed by atoms with van der Waals surface area (Å²) < 4.78 is 19.0. The summed E-state index contributed by atoms with van der Waals surface area (Å²) in [5, 5.41) is 0. The van der Waals surface area contributed by atoms with Crippen molar-refractivity contribution in [2.24, 2.45) is 0 Å². The average Bonchev–Trinajstić information content (AvgIpc) is 3.25. The maximum atomic E-state index is 12.1. The number of carbonyl (C=O) groups is 1. The van der Waals surface area contributed by atoms with Crippen LogP contribution in [-0.2, 0) is 27.2 Å². The number of nitrogens with zero attached hydrogens (tertiary/aromatic N) is 1. The van der Waals surface area contributed by atoms with Gasteiger partial charge in [-0.1, -0.05) is 56.3 Å². The summed E-state index contributed by atoms with van der Waals surface area (Å²) in [6, 6.07) is 20.6. The number of aromatic nitrogens is 1. The minimum atomic E-state index is -0.580. The average molecular weight is 450 g/mol. The molecule has 0 saturated heterocycles. The predicted molar refractivity (Wildman–Crippen MR) is 132 cm³/mol. The van der Waals surface area contributed by atoms with E-state index in [4.69, 9.17) is 14.2 Å². The standard InChI is InChI=1S/C28H35NO4/c1-5-31-27(28(30)32-6-2)18-22-12-14-25(15-13-22)33-17-16-29-20-24(19-26(29)21(3)4)23-10-8-7-9-11-23/h7-15,19-21,27H,5-6,16-18H2,1-4H3. The second kappa shape index (κ2) is 12.3. The van der Waals surface area contributed by atoms with Crippen molar-refractivity contribution in [3.63, 3.8) is 0 Å². The van der Waals surface area contributed by atoms with Gasteiger partial charge in [0.2, 0.25) is 0 Å². The molecule has 1 unspecified atom stereocenters. The summed E-state index contributed by atoms with van der Waals surface area (Å²) in [5.74, 6) is 0.922. The first kappa shape index (κ1) is 24.6. The smallest absolute Gasteiger partial charge is 0.335 e. The van der Waals surface area contributed by atoms with Gasteiger partial charge in [0, 0.05) is 24.9 Å². The molecule has 0 amide bonds. The second-order valence-electron chi connectivity index (χ2n) is 8.26. The molecular weight excluding hydrogens is 414 g/mol. The number of hydrogen-bond donors (Lipinski definition) is 0. The molecular formula is C28H35NO4. The fraction of sp³-hybridized carbons (Fsp3) is 0.393. The van der Waals surface area contributed by atoms with Crippen molar-refractivity contribution in [3.05, 3.63) is 78.1 Å². The summed E-state index contributed by atoms with van der Waals surface area (Å²) in [7, 11) is 0. The minimum Gasteiger partial charge on any atom is -0.492 e. The van der Waals surface area contributed by atoms with Gasteiger partial charge in [-0.25, -0.2) is 4.79 Å². The van der Waals surface area contributed by atoms with Crippen molar-refractivity contribution < 1.29 is 19.0 Å². The highest BCUT2D eigenvalue weighted by Gasteiger charge is 2.20. The molecule has 0 N–H and O–H groups in total. The molecule has 0 fully saturated rings. The third kappa shape index (κ3) is 6.96. The Morgan fingerprint density at radius 2 is 1.67 bits per heavy atom. The van der Waals surface area contributed by atoms with Gasteiger partial charge < -0.3 is 18.8 Å². The van der Waals surface area contributed by atoms with Crippen molar-refractivity contribution in [2.45, 2.75) is 52.7 Å². The van der Waals surface area contributed by atoms with Gasteiger partial charge in [0.05, 0.1) is 13.2 Å². The van der Waals surface area contributed by atoms with E-state index in [0.29, 0.717) is 32.2 Å². The predicted octanol–water partition coefficient (Wildman–Crippen LogP) is 5.87. The zero-order valence-electron chi connectivity index (χ0n) is 20.1. The van der Waals surface area contributed by atoms with Crippen molar-refractivity contribution in [3.8, 4) is 16.9 Å². The van der Waals surface area contributed by atoms with Gasteiger partial charge in [-0.15, -0.1) is 0 Å². The molecule has 1 heterocycles. The van der Waals surface area contributed by atoms with Crippen LogP contribution in [0.15, 0.2) is 66.9 Å². The lowest BCUT2D eigenvalue weighted by Gasteiger charge is -2.16. The van der Waals surface area contributed by atoms with Crippen molar-refractivity contribution in [1.82, 2.24) is 4.57 Å². The Morgan fingerprint density at radius 1 is 0.939 bits per heavy atom. The van der Waals surface area contributed by atoms with Crippen LogP contribution in [0, 0.1) is 0 Å². The molecule has 0 radical (unpaired) electrons. The molecule has 5 heteroatoms. The van der Waals surface area contributed by atoms with Gasteiger partial charge in [-0.05, 0) is 54.7 Å². The van der Waals surface area contributed by atoms with E-state index in [1.165, 1.54) is 16.8 Å². The zero-order valence-corrected chi connectivity index (χ0v) is 20.1. The molecule has 0 bridgehead atoms. The number of hydrogen-bond acceptors (Lipinski definition) is 4. The third-order valence-electron chi connectivity index (χ3n) is 5.49. The molecule has 0 saturated carbocycles. The fourth-order valence-corrected chi connectivity index (χ4v) is 3.85. The maximum Gasteiger partial charge on any atom is 0.335 e. The van der Waals surface area contributed by atoms with Gasteiger partial charge >= 0.3 is 5.97 Å². The first-order valence-corrected chi connectivity index (χ1v) is 11.8. The number of rotatable bonds is 12. The number of benzene rings is 2. The number of ether oxygens (including phenoxy) is 3. The maximum absolute atomic E-state index is 12.1. The van der Waals surface area contributed by atoms with Crippen LogP contribution < -0.4 is 4.74 Å². The van der Waals surface area contributed by atoms with Crippen LogP contribution in [0.25, 0.3) is 11.1 Å². The van der Waals surface area contributed by atoms with Gasteiger partial charge in [0.25, 0.3) is 0 Å². The Hall–Kier alpha value is -3.05. The van der Waals surface area contributed by atoms with Crippen molar-refractivity contribution in [2.75, 3.05) is 19.8 Å². The molecule has 1 aromatic heterocycles. The van der Waals surface area contributed by atoms with E-state index in [0.717, 1.165) is 17.9 Å². The van der Waals surface area contributed by atoms with Crippen LogP contribution in [0.3, 0.4) is 0 Å². The van der Waals surface area contributed by atoms with Crippen LogP contribution in [0.5, 0.6) is 5.75 Å². The Morgan fingerprint density at radius 3 is 2.30 bits per heavy atom. The van der Waals surface area contributed by atoms with Crippen LogP contribution in [0.4, 0.5) is 0 Å². The second-order valence-corrected chi connectivity index (χ2v) is 8.26. The normalized spacial score (nSPS) is 12.0. The van der Waals surface area contributed by atoms with Crippen LogP contribution in [0.2, 0.25) is 0 Å². The monoisotopic (exact) mass is 449 g/mol. The number of esters is 1. The quantitative estimate of drug-likeness (QED) is 0.325. The highest BCUT2D eigenvalue weighted by molar-refractivity contribution is 5.75. The van der Waals surface area contributed by atoms with Gasteiger partial charge in [0.15, 0.2) is 6.10 Å². The van der Waals surface area contributed by atoms with E-state index >= 15 is 0 Å². The van der Waals surface area contributed by atoms with Gasteiger partial charge in [0.1, 0.15) is 12.4 Å². The molecule has 0 spiro atoms. The van der Waals surface area contributed by atoms with Crippen molar-refractivity contribution in [1.29, 1.82) is 0 Å². The molecule has 3 aromatic rings. The number of carbonyl (C=O) groups excluding carboxylic acids is 1. The van der Waals surface area contributed by atoms with E-state index in [-0.39, 0.29) is 5.97 Å². The zero-order chi connectivity index (χ0) is 23.6. The molecule has 5 nitrogen and oxygen atoms in total. The lowest BCUT2D eigenvalue weighted by atomic mass is 10.1. The summed E-state index contributed by atoms with van der Waals surface area (Å²) in [6.07, 6.45) is 2.11. The molecule has 0 aliphatic carbocycles.